The third-order valence-electron chi connectivity index (χ3n) is 7.04. The SMILES string of the molecule is COc1nc(N)nc2c1ncn2C1OC(COP(=O)(NC(C)C(=O)OC(C)C)Oc2cccc3ccccc23)C(O)C1(C)O. The number of aliphatic hydroxyl groups excluding tert-OH is 1. The van der Waals surface area contributed by atoms with Gasteiger partial charge in [-0.25, -0.2) is 9.55 Å². The molecule has 1 fully saturated rings. The standard InChI is InChI=1S/C28H35N6O9P/c1-15(2)41-25(36)16(3)33-44(38,43-19-12-8-10-17-9-6-7-11-18(17)19)40-13-20-22(35)28(4,37)26(42-20)34-14-30-21-23(34)31-27(29)32-24(21)39-5/h6-12,14-16,20,22,26,35,37H,13H2,1-5H3,(H,33,38)(H2,29,31,32). The van der Waals surface area contributed by atoms with Crippen LogP contribution in [0.25, 0.3) is 21.9 Å². The van der Waals surface area contributed by atoms with Gasteiger partial charge in [0, 0.05) is 5.39 Å². The molecule has 0 aliphatic carbocycles. The molecule has 3 heterocycles. The molecule has 5 rings (SSSR count). The average molecular weight is 631 g/mol. The number of esters is 1. The zero-order valence-electron chi connectivity index (χ0n) is 24.8. The number of methoxy groups -OCH3 is 1. The van der Waals surface area contributed by atoms with E-state index in [0.29, 0.717) is 5.39 Å². The van der Waals surface area contributed by atoms with Gasteiger partial charge in [0.25, 0.3) is 0 Å². The van der Waals surface area contributed by atoms with Gasteiger partial charge in [-0.1, -0.05) is 36.4 Å². The van der Waals surface area contributed by atoms with Gasteiger partial charge in [-0.2, -0.15) is 15.1 Å². The van der Waals surface area contributed by atoms with E-state index < -0.39 is 56.5 Å². The Morgan fingerprint density at radius 2 is 1.93 bits per heavy atom. The Kier molecular flexibility index (Phi) is 8.80. The number of nitrogens with one attached hydrogen (secondary N) is 1. The fourth-order valence-corrected chi connectivity index (χ4v) is 6.41. The number of nitrogen functional groups attached to an aromatic ring is 1. The van der Waals surface area contributed by atoms with E-state index in [9.17, 15) is 19.6 Å². The lowest BCUT2D eigenvalue weighted by molar-refractivity contribution is -0.149. The molecular weight excluding hydrogens is 595 g/mol. The van der Waals surface area contributed by atoms with Crippen LogP contribution in [0.1, 0.15) is 33.9 Å². The summed E-state index contributed by atoms with van der Waals surface area (Å²) in [6, 6.07) is 11.4. The summed E-state index contributed by atoms with van der Waals surface area (Å²) in [5, 5.41) is 26.6. The van der Waals surface area contributed by atoms with Crippen LogP contribution in [0.3, 0.4) is 0 Å². The van der Waals surface area contributed by atoms with E-state index in [1.54, 1.807) is 38.1 Å². The smallest absolute Gasteiger partial charge is 0.459 e. The number of aliphatic hydroxyl groups is 2. The molecule has 0 bridgehead atoms. The van der Waals surface area contributed by atoms with Gasteiger partial charge in [0.05, 0.1) is 26.1 Å². The predicted octanol–water partition coefficient (Wildman–Crippen LogP) is 2.71. The van der Waals surface area contributed by atoms with Crippen LogP contribution in [0.4, 0.5) is 5.95 Å². The Balaban J connectivity index is 1.42. The number of nitrogens with zero attached hydrogens (tertiary/aromatic N) is 4. The molecule has 2 aromatic carbocycles. The van der Waals surface area contributed by atoms with Crippen LogP contribution in [-0.4, -0.2) is 79.4 Å². The molecule has 0 amide bonds. The number of carbonyl (C=O) groups is 1. The summed E-state index contributed by atoms with van der Waals surface area (Å²) >= 11 is 0. The minimum Gasteiger partial charge on any atom is -0.479 e. The van der Waals surface area contributed by atoms with Crippen LogP contribution in [0, 0.1) is 0 Å². The zero-order chi connectivity index (χ0) is 31.8. The first kappa shape index (κ1) is 31.6. The number of carbonyl (C=O) groups excluding carboxylic acids is 1. The molecular formula is C28H35N6O9P. The van der Waals surface area contributed by atoms with E-state index >= 15 is 0 Å². The lowest BCUT2D eigenvalue weighted by Crippen LogP contribution is -2.44. The molecule has 1 aliphatic heterocycles. The lowest BCUT2D eigenvalue weighted by atomic mass is 9.96. The quantitative estimate of drug-likeness (QED) is 0.139. The molecule has 16 heteroatoms. The lowest BCUT2D eigenvalue weighted by Gasteiger charge is -2.27. The summed E-state index contributed by atoms with van der Waals surface area (Å²) < 4.78 is 43.9. The predicted molar refractivity (Wildman–Crippen MR) is 159 cm³/mol. The Morgan fingerprint density at radius 3 is 2.66 bits per heavy atom. The molecule has 1 aliphatic rings. The summed E-state index contributed by atoms with van der Waals surface area (Å²) in [4.78, 5) is 25.0. The van der Waals surface area contributed by atoms with Crippen molar-refractivity contribution in [3.8, 4) is 11.6 Å². The monoisotopic (exact) mass is 630 g/mol. The zero-order valence-corrected chi connectivity index (χ0v) is 25.7. The van der Waals surface area contributed by atoms with Crippen LogP contribution in [0.2, 0.25) is 0 Å². The fourth-order valence-electron chi connectivity index (χ4n) is 4.89. The maximum absolute atomic E-state index is 14.2. The third-order valence-corrected chi connectivity index (χ3v) is 8.67. The second-order valence-corrected chi connectivity index (χ2v) is 12.5. The number of anilines is 1. The Bertz CT molecular complexity index is 1710. The van der Waals surface area contributed by atoms with E-state index in [1.165, 1.54) is 31.9 Å². The summed E-state index contributed by atoms with van der Waals surface area (Å²) in [6.45, 7) is 5.69. The maximum Gasteiger partial charge on any atom is 0.459 e. The number of hydrogen-bond acceptors (Lipinski definition) is 13. The van der Waals surface area contributed by atoms with Crippen molar-refractivity contribution in [2.75, 3.05) is 19.5 Å². The summed E-state index contributed by atoms with van der Waals surface area (Å²) in [7, 11) is -2.95. The van der Waals surface area contributed by atoms with Gasteiger partial charge in [-0.3, -0.25) is 13.9 Å². The minimum absolute atomic E-state index is 0.100. The number of hydrogen-bond donors (Lipinski definition) is 4. The molecule has 0 radical (unpaired) electrons. The number of imidazole rings is 1. The molecule has 15 nitrogen and oxygen atoms in total. The number of fused-ring (bicyclic) bond motifs is 2. The molecule has 1 saturated heterocycles. The first-order chi connectivity index (χ1) is 20.8. The van der Waals surface area contributed by atoms with E-state index in [4.69, 9.17) is 29.0 Å². The molecule has 0 spiro atoms. The molecule has 5 N–H and O–H groups in total. The van der Waals surface area contributed by atoms with Crippen molar-refractivity contribution in [2.45, 2.75) is 63.9 Å². The van der Waals surface area contributed by atoms with Gasteiger partial charge in [-0.15, -0.1) is 0 Å². The normalized spacial score (nSPS) is 24.0. The molecule has 2 aromatic heterocycles. The Labute approximate surface area is 252 Å². The third kappa shape index (κ3) is 6.20. The minimum atomic E-state index is -4.35. The first-order valence-corrected chi connectivity index (χ1v) is 15.4. The van der Waals surface area contributed by atoms with Crippen LogP contribution >= 0.6 is 7.75 Å². The number of aromatic nitrogens is 4. The van der Waals surface area contributed by atoms with Gasteiger partial charge in [-0.05, 0) is 39.1 Å². The molecule has 0 saturated carbocycles. The fraction of sp³-hybridized carbons (Fsp3) is 0.429. The van der Waals surface area contributed by atoms with E-state index in [2.05, 4.69) is 20.0 Å². The van der Waals surface area contributed by atoms with Gasteiger partial charge < -0.3 is 34.7 Å². The van der Waals surface area contributed by atoms with Crippen molar-refractivity contribution in [3.05, 3.63) is 48.8 Å². The number of rotatable bonds is 11. The van der Waals surface area contributed by atoms with Crippen molar-refractivity contribution in [3.63, 3.8) is 0 Å². The van der Waals surface area contributed by atoms with Crippen LogP contribution in [0.15, 0.2) is 48.8 Å². The van der Waals surface area contributed by atoms with E-state index in [1.807, 2.05) is 18.2 Å². The highest BCUT2D eigenvalue weighted by molar-refractivity contribution is 7.52. The molecule has 236 valence electrons. The van der Waals surface area contributed by atoms with Gasteiger partial charge in [0.2, 0.25) is 11.8 Å². The van der Waals surface area contributed by atoms with Crippen LogP contribution < -0.4 is 20.1 Å². The van der Waals surface area contributed by atoms with Crippen LogP contribution in [-0.2, 0) is 23.4 Å². The van der Waals surface area contributed by atoms with Crippen molar-refractivity contribution in [2.24, 2.45) is 0 Å². The van der Waals surface area contributed by atoms with Gasteiger partial charge in [0.1, 0.15) is 29.6 Å². The Hall–Kier alpha value is -3.85. The molecule has 6 atom stereocenters. The topological polar surface area (TPSA) is 202 Å². The Morgan fingerprint density at radius 1 is 1.20 bits per heavy atom. The summed E-state index contributed by atoms with van der Waals surface area (Å²) in [5.41, 5.74) is 4.39. The molecule has 6 unspecified atom stereocenters. The van der Waals surface area contributed by atoms with Crippen LogP contribution in [0.5, 0.6) is 11.6 Å². The average Bonchev–Trinajstić information content (AvgIpc) is 3.48. The van der Waals surface area contributed by atoms with E-state index in [0.717, 1.165) is 5.39 Å². The highest BCUT2D eigenvalue weighted by Crippen LogP contribution is 2.48. The highest BCUT2D eigenvalue weighted by Gasteiger charge is 2.54. The second-order valence-electron chi connectivity index (χ2n) is 10.8. The largest absolute Gasteiger partial charge is 0.479 e. The van der Waals surface area contributed by atoms with E-state index in [-0.39, 0.29) is 28.7 Å². The maximum atomic E-state index is 14.2. The van der Waals surface area contributed by atoms with Crippen molar-refractivity contribution >= 4 is 41.6 Å². The summed E-state index contributed by atoms with van der Waals surface area (Å²) in [5.74, 6) is -0.421. The first-order valence-electron chi connectivity index (χ1n) is 13.8. The molecule has 4 aromatic rings. The second kappa shape index (κ2) is 12.3. The number of ether oxygens (including phenoxy) is 3. The number of benzene rings is 2. The van der Waals surface area contributed by atoms with Crippen molar-refractivity contribution in [1.82, 2.24) is 24.6 Å². The summed E-state index contributed by atoms with van der Waals surface area (Å²) in [6.07, 6.45) is -3.03. The molecule has 44 heavy (non-hydrogen) atoms. The van der Waals surface area contributed by atoms with Gasteiger partial charge >= 0.3 is 13.7 Å². The highest BCUT2D eigenvalue weighted by atomic mass is 31.2. The van der Waals surface area contributed by atoms with Crippen molar-refractivity contribution in [1.29, 1.82) is 0 Å². The van der Waals surface area contributed by atoms with Gasteiger partial charge in [0.15, 0.2) is 17.4 Å². The number of nitrogens with two attached hydrogens (primary N) is 1. The van der Waals surface area contributed by atoms with Crippen molar-refractivity contribution < 1.29 is 42.8 Å².